The van der Waals surface area contributed by atoms with E-state index in [-0.39, 0.29) is 5.69 Å². The SMILES string of the molecule is Cc1nn(C)c(C)c1NC(=O)[C@H](C)OC(=O)c1cc2ccccc2c(=O)[nH]1. The largest absolute Gasteiger partial charge is 0.448 e. The molecule has 0 aliphatic heterocycles. The van der Waals surface area contributed by atoms with Crippen molar-refractivity contribution in [2.45, 2.75) is 26.9 Å². The summed E-state index contributed by atoms with van der Waals surface area (Å²) in [5.74, 6) is -1.26. The molecular weight excluding hydrogens is 348 g/mol. The van der Waals surface area contributed by atoms with Gasteiger partial charge in [-0.1, -0.05) is 18.2 Å². The molecule has 0 spiro atoms. The Hall–Kier alpha value is -3.42. The van der Waals surface area contributed by atoms with Crippen molar-refractivity contribution in [2.24, 2.45) is 7.05 Å². The lowest BCUT2D eigenvalue weighted by Gasteiger charge is -2.14. The van der Waals surface area contributed by atoms with Crippen molar-refractivity contribution in [1.82, 2.24) is 14.8 Å². The first kappa shape index (κ1) is 18.4. The predicted molar refractivity (Wildman–Crippen MR) is 101 cm³/mol. The molecule has 0 bridgehead atoms. The van der Waals surface area contributed by atoms with Gasteiger partial charge in [0.05, 0.1) is 17.1 Å². The maximum absolute atomic E-state index is 12.4. The Morgan fingerprint density at radius 2 is 1.96 bits per heavy atom. The third kappa shape index (κ3) is 3.59. The zero-order valence-electron chi connectivity index (χ0n) is 15.5. The highest BCUT2D eigenvalue weighted by molar-refractivity contribution is 5.98. The molecular formula is C19H20N4O4. The number of ether oxygens (including phenoxy) is 1. The molecule has 0 aliphatic rings. The number of aryl methyl sites for hydroxylation is 2. The van der Waals surface area contributed by atoms with Crippen molar-refractivity contribution >= 4 is 28.3 Å². The first-order valence-electron chi connectivity index (χ1n) is 8.42. The third-order valence-corrected chi connectivity index (χ3v) is 4.38. The summed E-state index contributed by atoms with van der Waals surface area (Å²) in [5.41, 5.74) is 1.65. The molecule has 1 aromatic carbocycles. The summed E-state index contributed by atoms with van der Waals surface area (Å²) in [6.45, 7) is 5.07. The van der Waals surface area contributed by atoms with E-state index in [0.29, 0.717) is 22.2 Å². The fourth-order valence-corrected chi connectivity index (χ4v) is 2.78. The van der Waals surface area contributed by atoms with Gasteiger partial charge in [0.25, 0.3) is 11.5 Å². The second-order valence-electron chi connectivity index (χ2n) is 6.31. The lowest BCUT2D eigenvalue weighted by molar-refractivity contribution is -0.123. The summed E-state index contributed by atoms with van der Waals surface area (Å²) in [6, 6.07) is 8.43. The smallest absolute Gasteiger partial charge is 0.355 e. The Morgan fingerprint density at radius 1 is 1.26 bits per heavy atom. The average molecular weight is 368 g/mol. The molecule has 0 radical (unpaired) electrons. The van der Waals surface area contributed by atoms with Crippen LogP contribution in [0, 0.1) is 13.8 Å². The van der Waals surface area contributed by atoms with E-state index in [2.05, 4.69) is 15.4 Å². The van der Waals surface area contributed by atoms with E-state index in [1.165, 1.54) is 13.0 Å². The van der Waals surface area contributed by atoms with Gasteiger partial charge in [-0.25, -0.2) is 4.79 Å². The first-order valence-corrected chi connectivity index (χ1v) is 8.42. The molecule has 0 saturated heterocycles. The van der Waals surface area contributed by atoms with E-state index < -0.39 is 23.5 Å². The molecule has 8 heteroatoms. The number of fused-ring (bicyclic) bond motifs is 1. The van der Waals surface area contributed by atoms with Gasteiger partial charge in [0.15, 0.2) is 6.10 Å². The lowest BCUT2D eigenvalue weighted by Crippen LogP contribution is -2.31. The average Bonchev–Trinajstić information content (AvgIpc) is 2.87. The number of carbonyl (C=O) groups excluding carboxylic acids is 2. The number of anilines is 1. The Balaban J connectivity index is 1.75. The summed E-state index contributed by atoms with van der Waals surface area (Å²) in [6.07, 6.45) is -1.05. The second-order valence-corrected chi connectivity index (χ2v) is 6.31. The van der Waals surface area contributed by atoms with Crippen molar-refractivity contribution in [1.29, 1.82) is 0 Å². The minimum atomic E-state index is -1.05. The van der Waals surface area contributed by atoms with Gasteiger partial charge in [-0.05, 0) is 38.3 Å². The van der Waals surface area contributed by atoms with Gasteiger partial charge >= 0.3 is 5.97 Å². The van der Waals surface area contributed by atoms with Gasteiger partial charge in [-0.2, -0.15) is 5.10 Å². The van der Waals surface area contributed by atoms with Crippen molar-refractivity contribution in [3.8, 4) is 0 Å². The molecule has 2 N–H and O–H groups in total. The molecule has 1 amide bonds. The van der Waals surface area contributed by atoms with Crippen LogP contribution < -0.4 is 10.9 Å². The number of hydrogen-bond acceptors (Lipinski definition) is 5. The number of aromatic nitrogens is 3. The van der Waals surface area contributed by atoms with E-state index in [9.17, 15) is 14.4 Å². The fraction of sp³-hybridized carbons (Fsp3) is 0.263. The molecule has 2 aromatic heterocycles. The van der Waals surface area contributed by atoms with E-state index in [0.717, 1.165) is 5.69 Å². The topological polar surface area (TPSA) is 106 Å². The van der Waals surface area contributed by atoms with Gasteiger partial charge in [-0.3, -0.25) is 14.3 Å². The quantitative estimate of drug-likeness (QED) is 0.686. The molecule has 3 rings (SSSR count). The molecule has 0 saturated carbocycles. The normalized spacial score (nSPS) is 12.0. The molecule has 8 nitrogen and oxygen atoms in total. The first-order chi connectivity index (χ1) is 12.8. The molecule has 2 heterocycles. The number of nitrogens with one attached hydrogen (secondary N) is 2. The van der Waals surface area contributed by atoms with Crippen LogP contribution >= 0.6 is 0 Å². The third-order valence-electron chi connectivity index (χ3n) is 4.38. The highest BCUT2D eigenvalue weighted by Crippen LogP contribution is 2.19. The summed E-state index contributed by atoms with van der Waals surface area (Å²) in [4.78, 5) is 39.3. The predicted octanol–water partition coefficient (Wildman–Crippen LogP) is 2.06. The van der Waals surface area contributed by atoms with Crippen molar-refractivity contribution < 1.29 is 14.3 Å². The molecule has 140 valence electrons. The van der Waals surface area contributed by atoms with Crippen LogP contribution in [0.25, 0.3) is 10.8 Å². The summed E-state index contributed by atoms with van der Waals surface area (Å²) in [7, 11) is 1.78. The minimum Gasteiger partial charge on any atom is -0.448 e. The van der Waals surface area contributed by atoms with Crippen LogP contribution in [0.5, 0.6) is 0 Å². The van der Waals surface area contributed by atoms with Gasteiger partial charge < -0.3 is 15.0 Å². The number of benzene rings is 1. The number of nitrogens with zero attached hydrogens (tertiary/aromatic N) is 2. The van der Waals surface area contributed by atoms with Crippen LogP contribution in [0.4, 0.5) is 5.69 Å². The van der Waals surface area contributed by atoms with E-state index in [1.54, 1.807) is 42.9 Å². The number of amides is 1. The van der Waals surface area contributed by atoms with Crippen LogP contribution in [-0.4, -0.2) is 32.7 Å². The van der Waals surface area contributed by atoms with E-state index in [4.69, 9.17) is 4.74 Å². The zero-order chi connectivity index (χ0) is 19.7. The van der Waals surface area contributed by atoms with Gasteiger partial charge in [0, 0.05) is 12.4 Å². The number of hydrogen-bond donors (Lipinski definition) is 2. The highest BCUT2D eigenvalue weighted by atomic mass is 16.5. The summed E-state index contributed by atoms with van der Waals surface area (Å²) >= 11 is 0. The number of rotatable bonds is 4. The van der Waals surface area contributed by atoms with E-state index >= 15 is 0 Å². The molecule has 0 unspecified atom stereocenters. The molecule has 27 heavy (non-hydrogen) atoms. The molecule has 0 aliphatic carbocycles. The van der Waals surface area contributed by atoms with Gasteiger partial charge in [0.2, 0.25) is 0 Å². The van der Waals surface area contributed by atoms with Crippen LogP contribution in [0.3, 0.4) is 0 Å². The zero-order valence-corrected chi connectivity index (χ0v) is 15.5. The van der Waals surface area contributed by atoms with Crippen LogP contribution in [-0.2, 0) is 16.6 Å². The second kappa shape index (κ2) is 7.06. The number of carbonyl (C=O) groups is 2. The summed E-state index contributed by atoms with van der Waals surface area (Å²) < 4.78 is 6.87. The lowest BCUT2D eigenvalue weighted by atomic mass is 10.1. The summed E-state index contributed by atoms with van der Waals surface area (Å²) in [5, 5.41) is 8.04. The molecule has 0 fully saturated rings. The molecule has 3 aromatic rings. The molecule has 1 atom stereocenters. The number of pyridine rings is 1. The van der Waals surface area contributed by atoms with Crippen molar-refractivity contribution in [2.75, 3.05) is 5.32 Å². The van der Waals surface area contributed by atoms with Crippen LogP contribution in [0.1, 0.15) is 28.8 Å². The van der Waals surface area contributed by atoms with Gasteiger partial charge in [0.1, 0.15) is 5.69 Å². The Morgan fingerprint density at radius 3 is 2.63 bits per heavy atom. The maximum atomic E-state index is 12.4. The standard InChI is InChI=1S/C19H20N4O4/c1-10-16(11(2)23(4)22-10)21-17(24)12(3)27-19(26)15-9-13-7-5-6-8-14(13)18(25)20-15/h5-9,12H,1-4H3,(H,20,25)(H,21,24)/t12-/m0/s1. The van der Waals surface area contributed by atoms with E-state index in [1.807, 2.05) is 6.92 Å². The van der Waals surface area contributed by atoms with Crippen molar-refractivity contribution in [3.63, 3.8) is 0 Å². The van der Waals surface area contributed by atoms with Crippen LogP contribution in [0.15, 0.2) is 35.1 Å². The fourth-order valence-electron chi connectivity index (χ4n) is 2.78. The van der Waals surface area contributed by atoms with Gasteiger partial charge in [-0.15, -0.1) is 0 Å². The highest BCUT2D eigenvalue weighted by Gasteiger charge is 2.22. The maximum Gasteiger partial charge on any atom is 0.355 e. The Labute approximate surface area is 155 Å². The minimum absolute atomic E-state index is 0.00733. The number of esters is 1. The number of H-pyrrole nitrogens is 1. The van der Waals surface area contributed by atoms with Crippen molar-refractivity contribution in [3.05, 3.63) is 57.8 Å². The van der Waals surface area contributed by atoms with Crippen LogP contribution in [0.2, 0.25) is 0 Å². The Bertz CT molecular complexity index is 1100. The monoisotopic (exact) mass is 368 g/mol. The number of aromatic amines is 1. The Kier molecular flexibility index (Phi) is 4.81.